The molecule has 4 heterocycles. The van der Waals surface area contributed by atoms with Gasteiger partial charge in [0.1, 0.15) is 5.82 Å². The predicted octanol–water partition coefficient (Wildman–Crippen LogP) is 2.12. The number of aryl methyl sites for hydroxylation is 1. The van der Waals surface area contributed by atoms with Crippen LogP contribution in [0.2, 0.25) is 0 Å². The maximum atomic E-state index is 12.8. The first-order valence-corrected chi connectivity index (χ1v) is 9.01. The fraction of sp³-hybridized carbons (Fsp3) is 0.722. The van der Waals surface area contributed by atoms with Crippen molar-refractivity contribution in [2.24, 2.45) is 11.8 Å². The van der Waals surface area contributed by atoms with Gasteiger partial charge in [-0.05, 0) is 44.4 Å². The van der Waals surface area contributed by atoms with Gasteiger partial charge in [0, 0.05) is 44.6 Å². The summed E-state index contributed by atoms with van der Waals surface area (Å²) in [6.07, 6.45) is 10.1. The number of carbonyl (C=O) groups excluding carboxylic acids is 1. The zero-order chi connectivity index (χ0) is 15.8. The van der Waals surface area contributed by atoms with Gasteiger partial charge >= 0.3 is 0 Å². The first-order valence-electron chi connectivity index (χ1n) is 9.01. The van der Waals surface area contributed by atoms with E-state index in [-0.39, 0.29) is 5.91 Å². The number of aromatic nitrogens is 2. The van der Waals surface area contributed by atoms with Crippen LogP contribution in [0.5, 0.6) is 0 Å². The summed E-state index contributed by atoms with van der Waals surface area (Å²) in [5.41, 5.74) is 0.627. The molecule has 1 saturated carbocycles. The molecule has 0 aromatic carbocycles. The van der Waals surface area contributed by atoms with E-state index in [0.29, 0.717) is 23.3 Å². The Bertz CT molecular complexity index is 569. The van der Waals surface area contributed by atoms with E-state index in [1.165, 1.54) is 45.2 Å². The molecule has 3 aliphatic heterocycles. The van der Waals surface area contributed by atoms with Crippen molar-refractivity contribution in [2.45, 2.75) is 45.1 Å². The first-order chi connectivity index (χ1) is 11.2. The number of nitrogens with zero attached hydrogens (tertiary/aromatic N) is 4. The summed E-state index contributed by atoms with van der Waals surface area (Å²) >= 11 is 0. The van der Waals surface area contributed by atoms with E-state index in [1.807, 2.05) is 6.92 Å². The molecule has 3 saturated heterocycles. The third-order valence-corrected chi connectivity index (χ3v) is 5.86. The first kappa shape index (κ1) is 15.1. The average molecular weight is 314 g/mol. The smallest absolute Gasteiger partial charge is 0.257 e. The Labute approximate surface area is 138 Å². The molecular weight excluding hydrogens is 288 g/mol. The summed E-state index contributed by atoms with van der Waals surface area (Å²) in [6, 6.07) is 0.546. The zero-order valence-electron chi connectivity index (χ0n) is 13.9. The average Bonchev–Trinajstić information content (AvgIpc) is 2.82. The Hall–Kier alpha value is -1.49. The van der Waals surface area contributed by atoms with Gasteiger partial charge < -0.3 is 4.90 Å². The summed E-state index contributed by atoms with van der Waals surface area (Å²) in [7, 11) is 0. The van der Waals surface area contributed by atoms with E-state index in [9.17, 15) is 4.79 Å². The second kappa shape index (κ2) is 6.19. The van der Waals surface area contributed by atoms with Crippen LogP contribution in [-0.4, -0.2) is 57.9 Å². The highest BCUT2D eigenvalue weighted by atomic mass is 16.2. The summed E-state index contributed by atoms with van der Waals surface area (Å²) < 4.78 is 0. The maximum absolute atomic E-state index is 12.8. The molecular formula is C18H26N4O. The lowest BCUT2D eigenvalue weighted by Gasteiger charge is -2.40. The predicted molar refractivity (Wildman–Crippen MR) is 88.1 cm³/mol. The molecule has 5 nitrogen and oxygen atoms in total. The van der Waals surface area contributed by atoms with Gasteiger partial charge in [0.2, 0.25) is 0 Å². The van der Waals surface area contributed by atoms with Gasteiger partial charge in [0.25, 0.3) is 5.91 Å². The third kappa shape index (κ3) is 3.11. The normalized spacial score (nSPS) is 28.5. The van der Waals surface area contributed by atoms with Crippen molar-refractivity contribution in [3.63, 3.8) is 0 Å². The molecule has 0 N–H and O–H groups in total. The minimum atomic E-state index is 0.104. The Morgan fingerprint density at radius 2 is 1.91 bits per heavy atom. The van der Waals surface area contributed by atoms with Gasteiger partial charge in [0.15, 0.2) is 0 Å². The zero-order valence-corrected chi connectivity index (χ0v) is 13.9. The highest BCUT2D eigenvalue weighted by Gasteiger charge is 2.37. The molecule has 0 unspecified atom stereocenters. The van der Waals surface area contributed by atoms with E-state index in [1.54, 1.807) is 12.4 Å². The Morgan fingerprint density at radius 3 is 2.61 bits per heavy atom. The second-order valence-electron chi connectivity index (χ2n) is 7.58. The molecule has 4 aliphatic rings. The van der Waals surface area contributed by atoms with Gasteiger partial charge in [0.05, 0.1) is 5.56 Å². The molecule has 124 valence electrons. The fourth-order valence-corrected chi connectivity index (χ4v) is 4.26. The summed E-state index contributed by atoms with van der Waals surface area (Å²) in [5.74, 6) is 2.35. The van der Waals surface area contributed by atoms with Crippen LogP contribution in [0.3, 0.4) is 0 Å². The quantitative estimate of drug-likeness (QED) is 0.857. The van der Waals surface area contributed by atoms with Crippen molar-refractivity contribution in [2.75, 3.05) is 26.2 Å². The highest BCUT2D eigenvalue weighted by molar-refractivity contribution is 5.93. The number of rotatable bonds is 3. The van der Waals surface area contributed by atoms with Crippen LogP contribution in [0.25, 0.3) is 0 Å². The number of carbonyl (C=O) groups is 1. The minimum absolute atomic E-state index is 0.104. The molecule has 5 rings (SSSR count). The van der Waals surface area contributed by atoms with Gasteiger partial charge in [-0.15, -0.1) is 0 Å². The largest absolute Gasteiger partial charge is 0.337 e. The number of hydrogen-bond donors (Lipinski definition) is 0. The lowest BCUT2D eigenvalue weighted by Crippen LogP contribution is -2.47. The Morgan fingerprint density at radius 1 is 1.13 bits per heavy atom. The number of fused-ring (bicyclic) bond motifs is 4. The molecule has 1 aliphatic carbocycles. The molecule has 1 amide bonds. The van der Waals surface area contributed by atoms with E-state index >= 15 is 0 Å². The molecule has 23 heavy (non-hydrogen) atoms. The third-order valence-electron chi connectivity index (χ3n) is 5.86. The van der Waals surface area contributed by atoms with Gasteiger partial charge in [-0.1, -0.05) is 6.42 Å². The van der Waals surface area contributed by atoms with Crippen LogP contribution in [0, 0.1) is 18.8 Å². The Kier molecular flexibility index (Phi) is 4.05. The van der Waals surface area contributed by atoms with E-state index < -0.39 is 0 Å². The standard InChI is InChI=1S/C18H26N4O/c1-13-19-7-16(8-20-13)18(23)22-11-15-5-6-17(12-22)21(10-15)9-14-3-2-4-14/h7-8,14-15,17H,2-6,9-12H2,1H3/t15-,17-/m1/s1. The number of hydrogen-bond acceptors (Lipinski definition) is 4. The fourth-order valence-electron chi connectivity index (χ4n) is 4.26. The van der Waals surface area contributed by atoms with E-state index in [0.717, 1.165) is 19.0 Å². The van der Waals surface area contributed by atoms with Crippen molar-refractivity contribution < 1.29 is 4.79 Å². The van der Waals surface area contributed by atoms with Crippen LogP contribution in [-0.2, 0) is 0 Å². The topological polar surface area (TPSA) is 49.3 Å². The monoisotopic (exact) mass is 314 g/mol. The molecule has 2 atom stereocenters. The minimum Gasteiger partial charge on any atom is -0.337 e. The summed E-state index contributed by atoms with van der Waals surface area (Å²) in [6.45, 7) is 6.03. The highest BCUT2D eigenvalue weighted by Crippen LogP contribution is 2.33. The maximum Gasteiger partial charge on any atom is 0.257 e. The molecule has 1 aromatic heterocycles. The molecule has 4 fully saturated rings. The van der Waals surface area contributed by atoms with Gasteiger partial charge in [-0.2, -0.15) is 0 Å². The van der Waals surface area contributed by atoms with Gasteiger partial charge in [-0.3, -0.25) is 9.69 Å². The Balaban J connectivity index is 1.46. The van der Waals surface area contributed by atoms with Crippen LogP contribution in [0.1, 0.15) is 48.3 Å². The lowest BCUT2D eigenvalue weighted by atomic mass is 9.83. The molecule has 0 radical (unpaired) electrons. The van der Waals surface area contributed by atoms with Crippen molar-refractivity contribution in [1.29, 1.82) is 0 Å². The molecule has 5 heteroatoms. The van der Waals surface area contributed by atoms with E-state index in [4.69, 9.17) is 0 Å². The molecule has 2 bridgehead atoms. The van der Waals surface area contributed by atoms with Crippen molar-refractivity contribution in [3.05, 3.63) is 23.8 Å². The van der Waals surface area contributed by atoms with Crippen LogP contribution >= 0.6 is 0 Å². The summed E-state index contributed by atoms with van der Waals surface area (Å²) in [4.78, 5) is 25.9. The van der Waals surface area contributed by atoms with Crippen LogP contribution in [0.15, 0.2) is 12.4 Å². The van der Waals surface area contributed by atoms with Gasteiger partial charge in [-0.25, -0.2) is 9.97 Å². The lowest BCUT2D eigenvalue weighted by molar-refractivity contribution is 0.0716. The van der Waals surface area contributed by atoms with Crippen molar-refractivity contribution >= 4 is 5.91 Å². The second-order valence-corrected chi connectivity index (χ2v) is 7.58. The number of piperidine rings is 1. The van der Waals surface area contributed by atoms with E-state index in [2.05, 4.69) is 19.8 Å². The van der Waals surface area contributed by atoms with Crippen molar-refractivity contribution in [1.82, 2.24) is 19.8 Å². The van der Waals surface area contributed by atoms with Crippen molar-refractivity contribution in [3.8, 4) is 0 Å². The number of amides is 1. The van der Waals surface area contributed by atoms with Crippen LogP contribution in [0.4, 0.5) is 0 Å². The summed E-state index contributed by atoms with van der Waals surface area (Å²) in [5, 5.41) is 0. The SMILES string of the molecule is Cc1ncc(C(=O)N2C[C@@H]3CC[C@H](C2)N(CC2CCC2)C3)cn1. The molecule has 1 aromatic rings. The molecule has 0 spiro atoms. The van der Waals surface area contributed by atoms with Crippen LogP contribution < -0.4 is 0 Å².